The maximum absolute atomic E-state index is 12.7. The smallest absolute Gasteiger partial charge is 0.341 e. The molecular weight excluding hydrogens is 440 g/mol. The van der Waals surface area contributed by atoms with Crippen molar-refractivity contribution in [3.8, 4) is 0 Å². The van der Waals surface area contributed by atoms with Crippen LogP contribution < -0.4 is 5.32 Å². The zero-order chi connectivity index (χ0) is 22.3. The average Bonchev–Trinajstić information content (AvgIpc) is 3.16. The van der Waals surface area contributed by atoms with Gasteiger partial charge in [0.25, 0.3) is 15.9 Å². The number of rotatable bonds is 5. The fourth-order valence-electron chi connectivity index (χ4n) is 3.94. The van der Waals surface area contributed by atoms with Gasteiger partial charge in [0.05, 0.1) is 17.7 Å². The lowest BCUT2D eigenvalue weighted by Crippen LogP contribution is -2.37. The molecule has 1 aromatic carbocycles. The fourth-order valence-corrected chi connectivity index (χ4v) is 6.88. The van der Waals surface area contributed by atoms with Crippen LogP contribution in [0.4, 0.5) is 5.00 Å². The van der Waals surface area contributed by atoms with Crippen LogP contribution in [0.5, 0.6) is 0 Å². The van der Waals surface area contributed by atoms with Gasteiger partial charge in [-0.1, -0.05) is 19.1 Å². The second kappa shape index (κ2) is 8.08. The van der Waals surface area contributed by atoms with E-state index in [1.165, 1.54) is 29.5 Å². The molecule has 1 aliphatic carbocycles. The molecule has 0 radical (unpaired) electrons. The molecule has 164 valence electrons. The minimum absolute atomic E-state index is 0.0445. The van der Waals surface area contributed by atoms with Crippen molar-refractivity contribution in [1.82, 2.24) is 4.31 Å². The van der Waals surface area contributed by atoms with Crippen molar-refractivity contribution in [3.63, 3.8) is 0 Å². The number of benzene rings is 1. The van der Waals surface area contributed by atoms with Gasteiger partial charge in [-0.25, -0.2) is 17.5 Å². The molecule has 0 spiro atoms. The Morgan fingerprint density at radius 3 is 2.74 bits per heavy atom. The summed E-state index contributed by atoms with van der Waals surface area (Å²) in [6.07, 6.45) is 2.45. The Morgan fingerprint density at radius 1 is 1.29 bits per heavy atom. The molecule has 2 amide bonds. The molecule has 0 bridgehead atoms. The first kappa shape index (κ1) is 21.5. The SMILES string of the molecule is CCOC(=O)c1c(NC(=O)CN2C(=O)c3ccccc3S2(=O)=O)sc2c1CCC(C)C2. The van der Waals surface area contributed by atoms with Crippen LogP contribution in [0.25, 0.3) is 0 Å². The van der Waals surface area contributed by atoms with E-state index in [0.717, 1.165) is 23.3 Å². The topological polar surface area (TPSA) is 110 Å². The van der Waals surface area contributed by atoms with Gasteiger partial charge in [-0.3, -0.25) is 9.59 Å². The number of carbonyl (C=O) groups excluding carboxylic acids is 3. The van der Waals surface area contributed by atoms with E-state index >= 15 is 0 Å². The van der Waals surface area contributed by atoms with Crippen LogP contribution in [0.1, 0.15) is 51.4 Å². The highest BCUT2D eigenvalue weighted by Crippen LogP contribution is 2.40. The summed E-state index contributed by atoms with van der Waals surface area (Å²) >= 11 is 1.31. The van der Waals surface area contributed by atoms with Crippen LogP contribution in [0.3, 0.4) is 0 Å². The number of ether oxygens (including phenoxy) is 1. The van der Waals surface area contributed by atoms with Crippen LogP contribution in [0.15, 0.2) is 29.2 Å². The predicted molar refractivity (Wildman–Crippen MR) is 115 cm³/mol. The molecule has 1 aliphatic heterocycles. The molecule has 0 saturated carbocycles. The minimum Gasteiger partial charge on any atom is -0.462 e. The molecule has 0 fully saturated rings. The van der Waals surface area contributed by atoms with Gasteiger partial charge in [-0.15, -0.1) is 11.3 Å². The number of amides is 2. The number of sulfonamides is 1. The number of esters is 1. The quantitative estimate of drug-likeness (QED) is 0.685. The molecule has 8 nitrogen and oxygen atoms in total. The molecular formula is C21H22N2O6S2. The first-order chi connectivity index (χ1) is 14.7. The summed E-state index contributed by atoms with van der Waals surface area (Å²) in [5.41, 5.74) is 1.26. The summed E-state index contributed by atoms with van der Waals surface area (Å²) in [7, 11) is -4.09. The molecule has 2 heterocycles. The third-order valence-corrected chi connectivity index (χ3v) is 8.40. The van der Waals surface area contributed by atoms with Gasteiger partial charge in [0.15, 0.2) is 0 Å². The summed E-state index contributed by atoms with van der Waals surface area (Å²) < 4.78 is 31.1. The van der Waals surface area contributed by atoms with E-state index < -0.39 is 34.4 Å². The molecule has 1 atom stereocenters. The first-order valence-electron chi connectivity index (χ1n) is 10.0. The highest BCUT2D eigenvalue weighted by atomic mass is 32.2. The van der Waals surface area contributed by atoms with Crippen LogP contribution in [0, 0.1) is 5.92 Å². The number of hydrogen-bond donors (Lipinski definition) is 1. The normalized spacial score (nSPS) is 19.0. The van der Waals surface area contributed by atoms with E-state index in [4.69, 9.17) is 4.74 Å². The summed E-state index contributed by atoms with van der Waals surface area (Å²) in [5, 5.41) is 2.99. The number of thiophene rings is 1. The molecule has 1 unspecified atom stereocenters. The monoisotopic (exact) mass is 462 g/mol. The number of anilines is 1. The third kappa shape index (κ3) is 3.74. The molecule has 0 saturated heterocycles. The highest BCUT2D eigenvalue weighted by Gasteiger charge is 2.42. The van der Waals surface area contributed by atoms with Gasteiger partial charge in [0, 0.05) is 4.88 Å². The maximum Gasteiger partial charge on any atom is 0.341 e. The second-order valence-corrected chi connectivity index (χ2v) is 10.6. The number of carbonyl (C=O) groups is 3. The fraction of sp³-hybridized carbons (Fsp3) is 0.381. The van der Waals surface area contributed by atoms with Crippen molar-refractivity contribution in [2.75, 3.05) is 18.5 Å². The molecule has 10 heteroatoms. The van der Waals surface area contributed by atoms with Gasteiger partial charge in [-0.2, -0.15) is 0 Å². The Kier molecular flexibility index (Phi) is 5.61. The second-order valence-electron chi connectivity index (χ2n) is 7.64. The van der Waals surface area contributed by atoms with Crippen molar-refractivity contribution in [2.24, 2.45) is 5.92 Å². The molecule has 1 aromatic heterocycles. The van der Waals surface area contributed by atoms with Gasteiger partial charge >= 0.3 is 5.97 Å². The van der Waals surface area contributed by atoms with Crippen molar-refractivity contribution in [2.45, 2.75) is 38.0 Å². The number of nitrogens with zero attached hydrogens (tertiary/aromatic N) is 1. The minimum atomic E-state index is -4.09. The summed E-state index contributed by atoms with van der Waals surface area (Å²) in [6.45, 7) is 3.37. The molecule has 4 rings (SSSR count). The Balaban J connectivity index is 1.60. The largest absolute Gasteiger partial charge is 0.462 e. The lowest BCUT2D eigenvalue weighted by Gasteiger charge is -2.18. The van der Waals surface area contributed by atoms with Crippen LogP contribution in [-0.4, -0.2) is 43.7 Å². The van der Waals surface area contributed by atoms with Crippen LogP contribution >= 0.6 is 11.3 Å². The molecule has 2 aliphatic rings. The molecule has 31 heavy (non-hydrogen) atoms. The average molecular weight is 463 g/mol. The Hall–Kier alpha value is -2.72. The van der Waals surface area contributed by atoms with Gasteiger partial charge in [0.2, 0.25) is 5.91 Å². The molecule has 2 aromatic rings. The van der Waals surface area contributed by atoms with E-state index in [-0.39, 0.29) is 17.1 Å². The Morgan fingerprint density at radius 2 is 2.03 bits per heavy atom. The summed E-state index contributed by atoms with van der Waals surface area (Å²) in [6, 6.07) is 5.85. The van der Waals surface area contributed by atoms with Gasteiger partial charge < -0.3 is 10.1 Å². The standard InChI is InChI=1S/C21H22N2O6S2/c1-3-29-21(26)18-13-9-8-12(2)10-15(13)30-19(18)22-17(24)11-23-20(25)14-6-4-5-7-16(14)31(23,27)28/h4-7,12H,3,8-11H2,1-2H3,(H,22,24). The third-order valence-electron chi connectivity index (χ3n) is 5.44. The van der Waals surface area contributed by atoms with Crippen LogP contribution in [0.2, 0.25) is 0 Å². The number of nitrogens with one attached hydrogen (secondary N) is 1. The Bertz CT molecular complexity index is 1180. The van der Waals surface area contributed by atoms with E-state index in [0.29, 0.717) is 27.2 Å². The van der Waals surface area contributed by atoms with E-state index in [1.807, 2.05) is 0 Å². The number of fused-ring (bicyclic) bond motifs is 2. The van der Waals surface area contributed by atoms with E-state index in [2.05, 4.69) is 12.2 Å². The van der Waals surface area contributed by atoms with Gasteiger partial charge in [-0.05, 0) is 49.8 Å². The predicted octanol–water partition coefficient (Wildman–Crippen LogP) is 2.83. The summed E-state index contributed by atoms with van der Waals surface area (Å²) in [5.74, 6) is -1.48. The van der Waals surface area contributed by atoms with Crippen molar-refractivity contribution >= 4 is 44.1 Å². The van der Waals surface area contributed by atoms with Crippen molar-refractivity contribution in [3.05, 3.63) is 45.8 Å². The van der Waals surface area contributed by atoms with E-state index in [9.17, 15) is 22.8 Å². The maximum atomic E-state index is 12.7. The van der Waals surface area contributed by atoms with E-state index in [1.54, 1.807) is 13.0 Å². The lowest BCUT2D eigenvalue weighted by molar-refractivity contribution is -0.116. The highest BCUT2D eigenvalue weighted by molar-refractivity contribution is 7.90. The van der Waals surface area contributed by atoms with Crippen molar-refractivity contribution < 1.29 is 27.5 Å². The van der Waals surface area contributed by atoms with Gasteiger partial charge in [0.1, 0.15) is 16.4 Å². The zero-order valence-electron chi connectivity index (χ0n) is 17.1. The lowest BCUT2D eigenvalue weighted by atomic mass is 9.88. The zero-order valence-corrected chi connectivity index (χ0v) is 18.8. The molecule has 1 N–H and O–H groups in total. The Labute approximate surface area is 184 Å². The number of hydrogen-bond acceptors (Lipinski definition) is 7. The summed E-state index contributed by atoms with van der Waals surface area (Å²) in [4.78, 5) is 38.8. The first-order valence-corrected chi connectivity index (χ1v) is 12.3. The van der Waals surface area contributed by atoms with Crippen LogP contribution in [-0.2, 0) is 32.4 Å². The van der Waals surface area contributed by atoms with Crippen molar-refractivity contribution in [1.29, 1.82) is 0 Å².